The van der Waals surface area contributed by atoms with Crippen molar-refractivity contribution in [3.05, 3.63) is 33.9 Å². The Hall–Kier alpha value is -3.81. The first-order valence-corrected chi connectivity index (χ1v) is 10.8. The third-order valence-corrected chi connectivity index (χ3v) is 5.68. The molecule has 0 saturated carbocycles. The van der Waals surface area contributed by atoms with Crippen molar-refractivity contribution < 1.29 is 37.5 Å². The van der Waals surface area contributed by atoms with Gasteiger partial charge in [-0.05, 0) is 13.1 Å². The third kappa shape index (κ3) is 4.74. The first-order chi connectivity index (χ1) is 16.6. The number of nitrogens with zero attached hydrogens (tertiary/aromatic N) is 4. The maximum absolute atomic E-state index is 15.4. The molecule has 0 atom stereocenters. The van der Waals surface area contributed by atoms with Crippen LogP contribution >= 0.6 is 0 Å². The Bertz CT molecular complexity index is 1240. The Kier molecular flexibility index (Phi) is 6.57. The van der Waals surface area contributed by atoms with Gasteiger partial charge >= 0.3 is 13.3 Å². The first-order valence-electron chi connectivity index (χ1n) is 10.8. The van der Waals surface area contributed by atoms with E-state index in [1.807, 2.05) is 11.9 Å². The van der Waals surface area contributed by atoms with Gasteiger partial charge in [-0.3, -0.25) is 24.1 Å². The monoisotopic (exact) mass is 490 g/mol. The molecule has 1 aromatic heterocycles. The van der Waals surface area contributed by atoms with Crippen LogP contribution in [0.2, 0.25) is 0 Å². The zero-order valence-corrected chi connectivity index (χ0v) is 19.7. The summed E-state index contributed by atoms with van der Waals surface area (Å²) in [5, 5.41) is 1.47. The van der Waals surface area contributed by atoms with Gasteiger partial charge in [0.1, 0.15) is 16.8 Å². The van der Waals surface area contributed by atoms with E-state index in [-0.39, 0.29) is 23.6 Å². The lowest BCUT2D eigenvalue weighted by atomic mass is 10.1. The fourth-order valence-electron chi connectivity index (χ4n) is 3.99. The molecule has 35 heavy (non-hydrogen) atoms. The van der Waals surface area contributed by atoms with Gasteiger partial charge in [0.05, 0.1) is 5.39 Å². The average Bonchev–Trinajstić information content (AvgIpc) is 2.77. The lowest BCUT2D eigenvalue weighted by Crippen LogP contribution is -2.46. The van der Waals surface area contributed by atoms with Crippen LogP contribution in [-0.2, 0) is 23.6 Å². The van der Waals surface area contributed by atoms with Gasteiger partial charge in [-0.25, -0.2) is 9.18 Å². The van der Waals surface area contributed by atoms with E-state index in [0.29, 0.717) is 18.6 Å². The molecule has 2 aliphatic rings. The summed E-state index contributed by atoms with van der Waals surface area (Å²) < 4.78 is 37.0. The van der Waals surface area contributed by atoms with Crippen molar-refractivity contribution in [3.8, 4) is 5.75 Å². The highest BCUT2D eigenvalue weighted by molar-refractivity contribution is 6.44. The summed E-state index contributed by atoms with van der Waals surface area (Å²) >= 11 is 0. The number of piperazine rings is 1. The van der Waals surface area contributed by atoms with Crippen molar-refractivity contribution in [2.75, 3.05) is 56.9 Å². The van der Waals surface area contributed by atoms with Gasteiger partial charge in [0.25, 0.3) is 11.9 Å². The van der Waals surface area contributed by atoms with Gasteiger partial charge in [0.15, 0.2) is 18.3 Å². The Morgan fingerprint density at radius 3 is 2.26 bits per heavy atom. The number of pyridine rings is 1. The number of carbonyl (C=O) groups is 3. The predicted molar refractivity (Wildman–Crippen MR) is 122 cm³/mol. The molecular formula is C21H24BFN4O8. The number of benzene rings is 1. The zero-order chi connectivity index (χ0) is 25.4. The molecule has 14 heteroatoms. The predicted octanol–water partition coefficient (Wildman–Crippen LogP) is 0.0780. The van der Waals surface area contributed by atoms with Crippen molar-refractivity contribution >= 4 is 41.8 Å². The van der Waals surface area contributed by atoms with Gasteiger partial charge in [-0.15, -0.1) is 0 Å². The summed E-state index contributed by atoms with van der Waals surface area (Å²) in [4.78, 5) is 52.6. The van der Waals surface area contributed by atoms with Crippen LogP contribution in [0.15, 0.2) is 17.1 Å². The van der Waals surface area contributed by atoms with E-state index in [1.54, 1.807) is 12.1 Å². The Morgan fingerprint density at radius 1 is 1.03 bits per heavy atom. The molecule has 186 valence electrons. The fourth-order valence-corrected chi connectivity index (χ4v) is 3.99. The van der Waals surface area contributed by atoms with E-state index < -0.39 is 42.0 Å². The number of rotatable bonds is 5. The lowest BCUT2D eigenvalue weighted by molar-refractivity contribution is -0.139. The number of likely N-dealkylation sites (N-methyl/N-ethyl adjacent to an activating group) is 1. The lowest BCUT2D eigenvalue weighted by Gasteiger charge is -2.37. The molecule has 1 saturated heterocycles. The summed E-state index contributed by atoms with van der Waals surface area (Å²) in [7, 11) is 1.65. The minimum atomic E-state index is -1.98. The molecule has 0 spiro atoms. The van der Waals surface area contributed by atoms with E-state index in [9.17, 15) is 19.2 Å². The molecule has 0 bridgehead atoms. The van der Waals surface area contributed by atoms with Gasteiger partial charge in [0, 0.05) is 53.3 Å². The molecule has 1 fully saturated rings. The molecule has 12 nitrogen and oxygen atoms in total. The van der Waals surface area contributed by atoms with Crippen LogP contribution in [0.5, 0.6) is 5.75 Å². The number of anilines is 1. The summed E-state index contributed by atoms with van der Waals surface area (Å²) in [6.45, 7) is 4.70. The molecule has 3 heterocycles. The summed E-state index contributed by atoms with van der Waals surface area (Å²) in [6, 6.07) is 1.07. The van der Waals surface area contributed by atoms with Crippen molar-refractivity contribution in [1.29, 1.82) is 0 Å². The van der Waals surface area contributed by atoms with Gasteiger partial charge in [-0.1, -0.05) is 0 Å². The Morgan fingerprint density at radius 2 is 1.66 bits per heavy atom. The molecule has 4 rings (SSSR count). The second-order valence-corrected chi connectivity index (χ2v) is 8.28. The number of aromatic nitrogens is 1. The molecular weight excluding hydrogens is 466 g/mol. The number of hydrogen-bond donors (Lipinski definition) is 0. The standard InChI is InChI=1S/C21H24BFN4O8/c1-12(28)33-22(34-13(2)29)35-21(31)15-10-27-17-14(19(15)30)9-16(23)18(20(17)32-11-25(27)4)26-7-5-24(3)6-8-26/h9-10H,5-8,11H2,1-4H3. The van der Waals surface area contributed by atoms with Crippen LogP contribution in [0.4, 0.5) is 10.1 Å². The first kappa shape index (κ1) is 24.3. The quantitative estimate of drug-likeness (QED) is 0.530. The second-order valence-electron chi connectivity index (χ2n) is 8.28. The third-order valence-electron chi connectivity index (χ3n) is 5.68. The largest absolute Gasteiger partial charge is 0.870 e. The number of halogens is 1. The maximum atomic E-state index is 15.4. The van der Waals surface area contributed by atoms with Crippen LogP contribution in [0.1, 0.15) is 24.2 Å². The number of carbonyl (C=O) groups excluding carboxylic acids is 3. The van der Waals surface area contributed by atoms with Gasteiger partial charge in [-0.2, -0.15) is 0 Å². The molecule has 1 aromatic carbocycles. The zero-order valence-electron chi connectivity index (χ0n) is 19.7. The SMILES string of the molecule is CC(=O)OB(OC(C)=O)OC(=O)c1cn2c3c(c(N4CCN(C)CC4)c(F)cc3c1=O)OCN2C. The van der Waals surface area contributed by atoms with E-state index in [1.165, 1.54) is 10.9 Å². The average molecular weight is 490 g/mol. The highest BCUT2D eigenvalue weighted by Gasteiger charge is 2.37. The van der Waals surface area contributed by atoms with Crippen LogP contribution < -0.4 is 20.1 Å². The molecule has 2 aliphatic heterocycles. The highest BCUT2D eigenvalue weighted by atomic mass is 19.1. The topological polar surface area (TPSA) is 120 Å². The number of ether oxygens (including phenoxy) is 1. The van der Waals surface area contributed by atoms with E-state index in [4.69, 9.17) is 9.39 Å². The van der Waals surface area contributed by atoms with E-state index in [0.717, 1.165) is 33.0 Å². The maximum Gasteiger partial charge on any atom is 0.870 e. The summed E-state index contributed by atoms with van der Waals surface area (Å²) in [5.41, 5.74) is -0.748. The minimum Gasteiger partial charge on any atom is -0.467 e. The highest BCUT2D eigenvalue weighted by Crippen LogP contribution is 2.40. The summed E-state index contributed by atoms with van der Waals surface area (Å²) in [5.74, 6) is -3.44. The molecule has 0 radical (unpaired) electrons. The van der Waals surface area contributed by atoms with Gasteiger partial charge < -0.3 is 28.5 Å². The van der Waals surface area contributed by atoms with E-state index in [2.05, 4.69) is 14.2 Å². The second kappa shape index (κ2) is 9.45. The van der Waals surface area contributed by atoms with Crippen LogP contribution in [0.3, 0.4) is 0 Å². The normalized spacial score (nSPS) is 15.5. The Balaban J connectivity index is 1.80. The molecule has 0 N–H and O–H groups in total. The van der Waals surface area contributed by atoms with Crippen molar-refractivity contribution in [2.45, 2.75) is 13.8 Å². The smallest absolute Gasteiger partial charge is 0.467 e. The summed E-state index contributed by atoms with van der Waals surface area (Å²) in [6.07, 6.45) is 1.23. The van der Waals surface area contributed by atoms with Crippen molar-refractivity contribution in [3.63, 3.8) is 0 Å². The fraction of sp³-hybridized carbons (Fsp3) is 0.429. The molecule has 0 unspecified atom stereocenters. The van der Waals surface area contributed by atoms with E-state index >= 15 is 4.39 Å². The molecule has 2 aromatic rings. The van der Waals surface area contributed by atoms with Crippen LogP contribution in [0, 0.1) is 5.82 Å². The van der Waals surface area contributed by atoms with Crippen molar-refractivity contribution in [2.24, 2.45) is 0 Å². The van der Waals surface area contributed by atoms with Crippen molar-refractivity contribution in [1.82, 2.24) is 9.58 Å². The molecule has 0 amide bonds. The van der Waals surface area contributed by atoms with Crippen LogP contribution in [0.25, 0.3) is 10.9 Å². The van der Waals surface area contributed by atoms with Gasteiger partial charge in [0.2, 0.25) is 5.43 Å². The van der Waals surface area contributed by atoms with Crippen LogP contribution in [-0.4, -0.2) is 81.8 Å². The number of hydrogen-bond acceptors (Lipinski definition) is 11. The minimum absolute atomic E-state index is 0.0210. The molecule has 0 aliphatic carbocycles. The Labute approximate surface area is 199 Å².